The van der Waals surface area contributed by atoms with E-state index in [1.807, 2.05) is 67.6 Å². The standard InChI is InChI=1S/C15H14N2/c1-2-16-17-15(13-9-5-3-6-10-13)14-11-7-4-8-12-14/h2-12H,1H3. The second kappa shape index (κ2) is 5.75. The van der Waals surface area contributed by atoms with Crippen LogP contribution in [0.15, 0.2) is 70.9 Å². The van der Waals surface area contributed by atoms with Gasteiger partial charge in [0.1, 0.15) is 5.71 Å². The Balaban J connectivity index is 2.47. The van der Waals surface area contributed by atoms with E-state index in [0.717, 1.165) is 16.8 Å². The maximum atomic E-state index is 4.27. The van der Waals surface area contributed by atoms with Crippen LogP contribution in [-0.2, 0) is 0 Å². The van der Waals surface area contributed by atoms with Crippen molar-refractivity contribution in [3.05, 3.63) is 71.8 Å². The van der Waals surface area contributed by atoms with Crippen molar-refractivity contribution in [2.75, 3.05) is 0 Å². The summed E-state index contributed by atoms with van der Waals surface area (Å²) in [6.45, 7) is 1.86. The van der Waals surface area contributed by atoms with Crippen LogP contribution >= 0.6 is 0 Å². The molecule has 0 saturated carbocycles. The largest absolute Gasteiger partial charge is 0.163 e. The molecule has 0 aliphatic rings. The zero-order valence-corrected chi connectivity index (χ0v) is 9.75. The van der Waals surface area contributed by atoms with E-state index in [1.54, 1.807) is 6.21 Å². The van der Waals surface area contributed by atoms with Crippen molar-refractivity contribution in [1.82, 2.24) is 0 Å². The summed E-state index contributed by atoms with van der Waals surface area (Å²) in [7, 11) is 0. The Morgan fingerprint density at radius 2 is 1.29 bits per heavy atom. The minimum atomic E-state index is 0.893. The third-order valence-corrected chi connectivity index (χ3v) is 2.37. The fourth-order valence-electron chi connectivity index (χ4n) is 1.59. The van der Waals surface area contributed by atoms with Gasteiger partial charge in [-0.1, -0.05) is 60.7 Å². The number of benzene rings is 2. The van der Waals surface area contributed by atoms with Crippen molar-refractivity contribution >= 4 is 11.9 Å². The van der Waals surface area contributed by atoms with Crippen LogP contribution in [0.2, 0.25) is 0 Å². The molecule has 17 heavy (non-hydrogen) atoms. The lowest BCUT2D eigenvalue weighted by atomic mass is 10.0. The van der Waals surface area contributed by atoms with Crippen molar-refractivity contribution in [2.24, 2.45) is 10.2 Å². The summed E-state index contributed by atoms with van der Waals surface area (Å²) in [5, 5.41) is 8.26. The second-order valence-electron chi connectivity index (χ2n) is 3.55. The first-order valence-electron chi connectivity index (χ1n) is 5.58. The molecule has 0 atom stereocenters. The molecule has 0 aliphatic heterocycles. The summed E-state index contributed by atoms with van der Waals surface area (Å²) in [6, 6.07) is 20.2. The van der Waals surface area contributed by atoms with Gasteiger partial charge in [0, 0.05) is 17.3 Å². The summed E-state index contributed by atoms with van der Waals surface area (Å²) in [5.41, 5.74) is 3.04. The van der Waals surface area contributed by atoms with E-state index in [-0.39, 0.29) is 0 Å². The molecule has 84 valence electrons. The van der Waals surface area contributed by atoms with Gasteiger partial charge in [0.25, 0.3) is 0 Å². The van der Waals surface area contributed by atoms with Gasteiger partial charge in [-0.3, -0.25) is 0 Å². The van der Waals surface area contributed by atoms with Crippen LogP contribution < -0.4 is 0 Å². The predicted molar refractivity (Wildman–Crippen MR) is 72.7 cm³/mol. The van der Waals surface area contributed by atoms with Crippen molar-refractivity contribution < 1.29 is 0 Å². The van der Waals surface area contributed by atoms with Crippen molar-refractivity contribution in [3.8, 4) is 0 Å². The molecule has 0 aromatic heterocycles. The highest BCUT2D eigenvalue weighted by Gasteiger charge is 2.05. The average Bonchev–Trinajstić information content (AvgIpc) is 2.42. The van der Waals surface area contributed by atoms with E-state index >= 15 is 0 Å². The molecule has 0 amide bonds. The fourth-order valence-corrected chi connectivity index (χ4v) is 1.59. The lowest BCUT2D eigenvalue weighted by Gasteiger charge is -2.04. The Morgan fingerprint density at radius 1 is 0.824 bits per heavy atom. The topological polar surface area (TPSA) is 24.7 Å². The van der Waals surface area contributed by atoms with Gasteiger partial charge in [0.2, 0.25) is 0 Å². The molecule has 0 bridgehead atoms. The molecule has 2 nitrogen and oxygen atoms in total. The third kappa shape index (κ3) is 2.88. The molecule has 0 unspecified atom stereocenters. The zero-order valence-electron chi connectivity index (χ0n) is 9.75. The van der Waals surface area contributed by atoms with Gasteiger partial charge in [-0.05, 0) is 6.92 Å². The fraction of sp³-hybridized carbons (Fsp3) is 0.0667. The van der Waals surface area contributed by atoms with Gasteiger partial charge in [0.05, 0.1) is 0 Å². The normalized spacial score (nSPS) is 10.4. The summed E-state index contributed by atoms with van der Waals surface area (Å²) < 4.78 is 0. The van der Waals surface area contributed by atoms with Crippen molar-refractivity contribution in [3.63, 3.8) is 0 Å². The smallest absolute Gasteiger partial charge is 0.100 e. The molecule has 0 saturated heterocycles. The number of rotatable bonds is 3. The zero-order chi connectivity index (χ0) is 11.9. The molecule has 2 aromatic rings. The maximum Gasteiger partial charge on any atom is 0.100 e. The van der Waals surface area contributed by atoms with Crippen LogP contribution in [0.4, 0.5) is 0 Å². The summed E-state index contributed by atoms with van der Waals surface area (Å²) in [4.78, 5) is 0. The minimum absolute atomic E-state index is 0.893. The van der Waals surface area contributed by atoms with E-state index < -0.39 is 0 Å². The Bertz CT molecular complexity index is 472. The SMILES string of the molecule is CC=NN=C(c1ccccc1)c1ccccc1. The van der Waals surface area contributed by atoms with Gasteiger partial charge < -0.3 is 0 Å². The van der Waals surface area contributed by atoms with Gasteiger partial charge in [0.15, 0.2) is 0 Å². The Labute approximate surface area is 101 Å². The summed E-state index contributed by atoms with van der Waals surface area (Å²) in [5.74, 6) is 0. The molecule has 2 heteroatoms. The molecule has 2 rings (SSSR count). The van der Waals surface area contributed by atoms with Crippen LogP contribution in [0.1, 0.15) is 18.1 Å². The third-order valence-electron chi connectivity index (χ3n) is 2.37. The Morgan fingerprint density at radius 3 is 1.71 bits per heavy atom. The monoisotopic (exact) mass is 222 g/mol. The van der Waals surface area contributed by atoms with Gasteiger partial charge in [-0.2, -0.15) is 10.2 Å². The van der Waals surface area contributed by atoms with Gasteiger partial charge in [-0.15, -0.1) is 0 Å². The molecule has 0 heterocycles. The van der Waals surface area contributed by atoms with E-state index in [2.05, 4.69) is 10.2 Å². The quantitative estimate of drug-likeness (QED) is 0.560. The Kier molecular flexibility index (Phi) is 3.81. The van der Waals surface area contributed by atoms with E-state index in [4.69, 9.17) is 0 Å². The molecular formula is C15H14N2. The molecule has 0 spiro atoms. The molecule has 0 N–H and O–H groups in total. The first kappa shape index (κ1) is 11.3. The molecule has 2 aromatic carbocycles. The second-order valence-corrected chi connectivity index (χ2v) is 3.55. The van der Waals surface area contributed by atoms with E-state index in [1.165, 1.54) is 0 Å². The number of hydrogen-bond acceptors (Lipinski definition) is 2. The lowest BCUT2D eigenvalue weighted by Crippen LogP contribution is -2.02. The number of nitrogens with zero attached hydrogens (tertiary/aromatic N) is 2. The predicted octanol–water partition coefficient (Wildman–Crippen LogP) is 3.53. The maximum absolute atomic E-state index is 4.27. The van der Waals surface area contributed by atoms with E-state index in [9.17, 15) is 0 Å². The van der Waals surface area contributed by atoms with Gasteiger partial charge in [-0.25, -0.2) is 0 Å². The van der Waals surface area contributed by atoms with Crippen LogP contribution in [0, 0.1) is 0 Å². The highest BCUT2D eigenvalue weighted by Crippen LogP contribution is 2.10. The first-order valence-corrected chi connectivity index (χ1v) is 5.58. The Hall–Kier alpha value is -2.22. The summed E-state index contributed by atoms with van der Waals surface area (Å²) >= 11 is 0. The van der Waals surface area contributed by atoms with Crippen molar-refractivity contribution in [2.45, 2.75) is 6.92 Å². The number of hydrogen-bond donors (Lipinski definition) is 0. The lowest BCUT2D eigenvalue weighted by molar-refractivity contribution is 1.24. The first-order chi connectivity index (χ1) is 8.42. The molecule has 0 fully saturated rings. The molecular weight excluding hydrogens is 208 g/mol. The van der Waals surface area contributed by atoms with Crippen LogP contribution in [0.25, 0.3) is 0 Å². The van der Waals surface area contributed by atoms with Gasteiger partial charge >= 0.3 is 0 Å². The van der Waals surface area contributed by atoms with Crippen molar-refractivity contribution in [1.29, 1.82) is 0 Å². The highest BCUT2D eigenvalue weighted by atomic mass is 15.2. The molecule has 0 aliphatic carbocycles. The van der Waals surface area contributed by atoms with Crippen LogP contribution in [0.5, 0.6) is 0 Å². The van der Waals surface area contributed by atoms with Crippen LogP contribution in [0.3, 0.4) is 0 Å². The highest BCUT2D eigenvalue weighted by molar-refractivity contribution is 6.12. The summed E-state index contributed by atoms with van der Waals surface area (Å²) in [6.07, 6.45) is 1.69. The van der Waals surface area contributed by atoms with Crippen LogP contribution in [-0.4, -0.2) is 11.9 Å². The minimum Gasteiger partial charge on any atom is -0.163 e. The van der Waals surface area contributed by atoms with E-state index in [0.29, 0.717) is 0 Å². The average molecular weight is 222 g/mol. The molecule has 0 radical (unpaired) electrons.